The minimum Gasteiger partial charge on any atom is -0.347 e. The van der Waals surface area contributed by atoms with E-state index < -0.39 is 5.91 Å². The predicted molar refractivity (Wildman–Crippen MR) is 110 cm³/mol. The predicted octanol–water partition coefficient (Wildman–Crippen LogP) is 2.46. The van der Waals surface area contributed by atoms with Crippen LogP contribution in [-0.2, 0) is 14.4 Å². The molecule has 8 heteroatoms. The van der Waals surface area contributed by atoms with Crippen LogP contribution in [0, 0.1) is 6.92 Å². The summed E-state index contributed by atoms with van der Waals surface area (Å²) in [7, 11) is 0. The minimum absolute atomic E-state index is 0.154. The molecule has 0 spiro atoms. The molecule has 0 radical (unpaired) electrons. The SMILES string of the molecule is CC(=O)NCC(=O)NCC(=O)Nc1ccc(-c2nc3ccc(C)cc3s2)cc1. The second-order valence-electron chi connectivity index (χ2n) is 6.30. The van der Waals surface area contributed by atoms with Crippen molar-refractivity contribution in [1.29, 1.82) is 0 Å². The van der Waals surface area contributed by atoms with Gasteiger partial charge in [-0.05, 0) is 48.9 Å². The molecule has 0 saturated carbocycles. The normalized spacial score (nSPS) is 10.5. The smallest absolute Gasteiger partial charge is 0.243 e. The highest BCUT2D eigenvalue weighted by molar-refractivity contribution is 7.21. The van der Waals surface area contributed by atoms with Gasteiger partial charge in [-0.15, -0.1) is 11.3 Å². The summed E-state index contributed by atoms with van der Waals surface area (Å²) in [4.78, 5) is 38.8. The van der Waals surface area contributed by atoms with Crippen molar-refractivity contribution in [2.45, 2.75) is 13.8 Å². The summed E-state index contributed by atoms with van der Waals surface area (Å²) in [5.74, 6) is -1.07. The molecule has 7 nitrogen and oxygen atoms in total. The number of carbonyl (C=O) groups excluding carboxylic acids is 3. The van der Waals surface area contributed by atoms with Crippen LogP contribution in [0.5, 0.6) is 0 Å². The number of benzene rings is 2. The largest absolute Gasteiger partial charge is 0.347 e. The zero-order valence-corrected chi connectivity index (χ0v) is 16.4. The summed E-state index contributed by atoms with van der Waals surface area (Å²) in [5.41, 5.74) is 3.77. The first kappa shape index (κ1) is 19.5. The maximum Gasteiger partial charge on any atom is 0.243 e. The van der Waals surface area contributed by atoms with Crippen LogP contribution >= 0.6 is 11.3 Å². The van der Waals surface area contributed by atoms with Gasteiger partial charge < -0.3 is 16.0 Å². The van der Waals surface area contributed by atoms with E-state index in [1.165, 1.54) is 12.5 Å². The number of aromatic nitrogens is 1. The van der Waals surface area contributed by atoms with E-state index in [9.17, 15) is 14.4 Å². The van der Waals surface area contributed by atoms with Crippen molar-refractivity contribution in [3.8, 4) is 10.6 Å². The zero-order chi connectivity index (χ0) is 20.1. The summed E-state index contributed by atoms with van der Waals surface area (Å²) >= 11 is 1.63. The molecule has 0 atom stereocenters. The van der Waals surface area contributed by atoms with E-state index in [0.717, 1.165) is 20.8 Å². The molecule has 0 aliphatic carbocycles. The Morgan fingerprint density at radius 1 is 0.964 bits per heavy atom. The molecule has 144 valence electrons. The third kappa shape index (κ3) is 5.14. The second kappa shape index (κ2) is 8.62. The number of hydrogen-bond acceptors (Lipinski definition) is 5. The first-order valence-corrected chi connectivity index (χ1v) is 9.51. The van der Waals surface area contributed by atoms with Gasteiger partial charge in [0.25, 0.3) is 0 Å². The monoisotopic (exact) mass is 396 g/mol. The Balaban J connectivity index is 1.57. The Hall–Kier alpha value is -3.26. The van der Waals surface area contributed by atoms with Crippen LogP contribution in [0.3, 0.4) is 0 Å². The van der Waals surface area contributed by atoms with Gasteiger partial charge in [-0.25, -0.2) is 4.98 Å². The fourth-order valence-corrected chi connectivity index (χ4v) is 3.57. The van der Waals surface area contributed by atoms with E-state index in [2.05, 4.69) is 33.9 Å². The number of anilines is 1. The van der Waals surface area contributed by atoms with Gasteiger partial charge in [0.2, 0.25) is 17.7 Å². The summed E-state index contributed by atoms with van der Waals surface area (Å²) < 4.78 is 1.14. The zero-order valence-electron chi connectivity index (χ0n) is 15.5. The molecule has 0 aliphatic rings. The lowest BCUT2D eigenvalue weighted by Crippen LogP contribution is -2.39. The third-order valence-corrected chi connectivity index (χ3v) is 4.97. The number of aryl methyl sites for hydroxylation is 1. The molecule has 28 heavy (non-hydrogen) atoms. The summed E-state index contributed by atoms with van der Waals surface area (Å²) in [6.07, 6.45) is 0. The Bertz CT molecular complexity index is 1030. The van der Waals surface area contributed by atoms with Gasteiger partial charge >= 0.3 is 0 Å². The van der Waals surface area contributed by atoms with Crippen molar-refractivity contribution in [3.05, 3.63) is 48.0 Å². The summed E-state index contributed by atoms with van der Waals surface area (Å²) in [6, 6.07) is 13.6. The topological polar surface area (TPSA) is 100 Å². The Morgan fingerprint density at radius 3 is 2.39 bits per heavy atom. The van der Waals surface area contributed by atoms with Crippen molar-refractivity contribution in [2.24, 2.45) is 0 Å². The number of thiazole rings is 1. The van der Waals surface area contributed by atoms with E-state index in [-0.39, 0.29) is 24.9 Å². The van der Waals surface area contributed by atoms with Crippen molar-refractivity contribution in [2.75, 3.05) is 18.4 Å². The number of hydrogen-bond donors (Lipinski definition) is 3. The van der Waals surface area contributed by atoms with Gasteiger partial charge in [0, 0.05) is 18.2 Å². The molecule has 0 aliphatic heterocycles. The van der Waals surface area contributed by atoms with Crippen LogP contribution in [0.2, 0.25) is 0 Å². The number of rotatable bonds is 6. The molecule has 3 N–H and O–H groups in total. The lowest BCUT2D eigenvalue weighted by atomic mass is 10.2. The van der Waals surface area contributed by atoms with Crippen molar-refractivity contribution in [1.82, 2.24) is 15.6 Å². The van der Waals surface area contributed by atoms with E-state index in [1.807, 2.05) is 24.3 Å². The molecule has 1 aromatic heterocycles. The average Bonchev–Trinajstić information content (AvgIpc) is 3.08. The number of amides is 3. The molecule has 3 aromatic rings. The van der Waals surface area contributed by atoms with Gasteiger partial charge in [0.1, 0.15) is 5.01 Å². The van der Waals surface area contributed by atoms with Crippen LogP contribution in [0.4, 0.5) is 5.69 Å². The number of fused-ring (bicyclic) bond motifs is 1. The minimum atomic E-state index is -0.424. The standard InChI is InChI=1S/C20H20N4O3S/c1-12-3-8-16-17(9-12)28-20(24-16)14-4-6-15(7-5-14)23-19(27)11-22-18(26)10-21-13(2)25/h3-9H,10-11H2,1-2H3,(H,21,25)(H,22,26)(H,23,27). The van der Waals surface area contributed by atoms with Gasteiger partial charge in [-0.1, -0.05) is 6.07 Å². The van der Waals surface area contributed by atoms with Crippen molar-refractivity contribution >= 4 is 45.0 Å². The Labute approximate surface area is 166 Å². The molecule has 3 rings (SSSR count). The van der Waals surface area contributed by atoms with Gasteiger partial charge in [-0.3, -0.25) is 14.4 Å². The van der Waals surface area contributed by atoms with E-state index >= 15 is 0 Å². The van der Waals surface area contributed by atoms with Crippen LogP contribution in [0.25, 0.3) is 20.8 Å². The first-order chi connectivity index (χ1) is 13.4. The van der Waals surface area contributed by atoms with Gasteiger partial charge in [-0.2, -0.15) is 0 Å². The molecular weight excluding hydrogens is 376 g/mol. The fourth-order valence-electron chi connectivity index (χ4n) is 2.50. The Kier molecular flexibility index (Phi) is 6.00. The average molecular weight is 396 g/mol. The Morgan fingerprint density at radius 2 is 1.68 bits per heavy atom. The maximum atomic E-state index is 11.9. The highest BCUT2D eigenvalue weighted by atomic mass is 32.1. The number of nitrogens with zero attached hydrogens (tertiary/aromatic N) is 1. The quantitative estimate of drug-likeness (QED) is 0.596. The first-order valence-electron chi connectivity index (χ1n) is 8.69. The van der Waals surface area contributed by atoms with Gasteiger partial charge in [0.15, 0.2) is 0 Å². The second-order valence-corrected chi connectivity index (χ2v) is 7.33. The highest BCUT2D eigenvalue weighted by Crippen LogP contribution is 2.31. The molecule has 1 heterocycles. The van der Waals surface area contributed by atoms with Crippen LogP contribution < -0.4 is 16.0 Å². The number of nitrogens with one attached hydrogen (secondary N) is 3. The van der Waals surface area contributed by atoms with E-state index in [0.29, 0.717) is 5.69 Å². The number of carbonyl (C=O) groups is 3. The lowest BCUT2D eigenvalue weighted by Gasteiger charge is -2.07. The van der Waals surface area contributed by atoms with Crippen LogP contribution in [0.15, 0.2) is 42.5 Å². The maximum absolute atomic E-state index is 11.9. The molecular formula is C20H20N4O3S. The molecule has 2 aromatic carbocycles. The molecule has 0 fully saturated rings. The summed E-state index contributed by atoms with van der Waals surface area (Å²) in [5, 5.41) is 8.44. The van der Waals surface area contributed by atoms with Crippen LogP contribution in [0.1, 0.15) is 12.5 Å². The fraction of sp³-hybridized carbons (Fsp3) is 0.200. The van der Waals surface area contributed by atoms with E-state index in [1.54, 1.807) is 23.5 Å². The van der Waals surface area contributed by atoms with Crippen LogP contribution in [-0.4, -0.2) is 35.8 Å². The molecule has 0 bridgehead atoms. The highest BCUT2D eigenvalue weighted by Gasteiger charge is 2.09. The van der Waals surface area contributed by atoms with Crippen molar-refractivity contribution in [3.63, 3.8) is 0 Å². The molecule has 0 unspecified atom stereocenters. The van der Waals surface area contributed by atoms with E-state index in [4.69, 9.17) is 0 Å². The van der Waals surface area contributed by atoms with Gasteiger partial charge in [0.05, 0.1) is 23.3 Å². The third-order valence-electron chi connectivity index (χ3n) is 3.90. The van der Waals surface area contributed by atoms with Crippen molar-refractivity contribution < 1.29 is 14.4 Å². The lowest BCUT2D eigenvalue weighted by molar-refractivity contribution is -0.126. The molecule has 0 saturated heterocycles. The summed E-state index contributed by atoms with van der Waals surface area (Å²) in [6.45, 7) is 3.05. The molecule has 3 amide bonds.